The first-order valence-electron chi connectivity index (χ1n) is 6.44. The van der Waals surface area contributed by atoms with Crippen molar-refractivity contribution in [1.82, 2.24) is 0 Å². The van der Waals surface area contributed by atoms with Crippen molar-refractivity contribution in [2.45, 2.75) is 12.8 Å². The number of benzene rings is 2. The first-order valence-corrected chi connectivity index (χ1v) is 7.23. The maximum Gasteiger partial charge on any atom is 0.122 e. The number of fused-ring (bicyclic) bond motifs is 1. The van der Waals surface area contributed by atoms with Crippen LogP contribution < -0.4 is 9.47 Å². The van der Waals surface area contributed by atoms with E-state index in [0.29, 0.717) is 6.61 Å². The van der Waals surface area contributed by atoms with E-state index in [4.69, 9.17) is 9.47 Å². The predicted octanol–water partition coefficient (Wildman–Crippen LogP) is 4.01. The van der Waals surface area contributed by atoms with Crippen LogP contribution in [0, 0.1) is 0 Å². The van der Waals surface area contributed by atoms with E-state index in [-0.39, 0.29) is 0 Å². The molecule has 0 amide bonds. The fourth-order valence-electron chi connectivity index (χ4n) is 2.24. The van der Waals surface area contributed by atoms with Crippen LogP contribution in [0.15, 0.2) is 46.9 Å². The van der Waals surface area contributed by atoms with Gasteiger partial charge in [-0.15, -0.1) is 0 Å². The summed E-state index contributed by atoms with van der Waals surface area (Å²) in [6.07, 6.45) is 1.94. The van der Waals surface area contributed by atoms with Crippen molar-refractivity contribution in [1.29, 1.82) is 0 Å². The third kappa shape index (κ3) is 3.10. The summed E-state index contributed by atoms with van der Waals surface area (Å²) in [6, 6.07) is 14.3. The molecule has 0 atom stereocenters. The van der Waals surface area contributed by atoms with Crippen LogP contribution in [0.5, 0.6) is 11.5 Å². The van der Waals surface area contributed by atoms with Gasteiger partial charge in [0.15, 0.2) is 0 Å². The molecule has 1 aliphatic rings. The van der Waals surface area contributed by atoms with Crippen molar-refractivity contribution in [3.8, 4) is 11.5 Å². The molecule has 1 heterocycles. The van der Waals surface area contributed by atoms with Crippen molar-refractivity contribution < 1.29 is 9.47 Å². The van der Waals surface area contributed by atoms with E-state index in [0.717, 1.165) is 35.4 Å². The second-order valence-electron chi connectivity index (χ2n) is 4.60. The van der Waals surface area contributed by atoms with Gasteiger partial charge in [-0.25, -0.2) is 0 Å². The van der Waals surface area contributed by atoms with Crippen molar-refractivity contribution >= 4 is 15.9 Å². The van der Waals surface area contributed by atoms with Crippen LogP contribution in [0.1, 0.15) is 11.1 Å². The first kappa shape index (κ1) is 12.5. The highest BCUT2D eigenvalue weighted by Gasteiger charge is 2.11. The second kappa shape index (κ2) is 5.66. The van der Waals surface area contributed by atoms with Crippen LogP contribution in [-0.2, 0) is 12.8 Å². The maximum absolute atomic E-state index is 5.75. The van der Waals surface area contributed by atoms with E-state index < -0.39 is 0 Å². The summed E-state index contributed by atoms with van der Waals surface area (Å²) in [4.78, 5) is 0. The van der Waals surface area contributed by atoms with Crippen molar-refractivity contribution in [2.24, 2.45) is 0 Å². The van der Waals surface area contributed by atoms with Crippen molar-refractivity contribution in [3.05, 3.63) is 58.1 Å². The van der Waals surface area contributed by atoms with Crippen LogP contribution >= 0.6 is 15.9 Å². The minimum atomic E-state index is 0.691. The lowest BCUT2D eigenvalue weighted by molar-refractivity contribution is 0.321. The Balaban J connectivity index is 1.58. The molecule has 0 radical (unpaired) electrons. The van der Waals surface area contributed by atoms with Crippen molar-refractivity contribution in [3.63, 3.8) is 0 Å². The summed E-state index contributed by atoms with van der Waals surface area (Å²) in [5.74, 6) is 1.94. The fraction of sp³-hybridized carbons (Fsp3) is 0.250. The van der Waals surface area contributed by atoms with Gasteiger partial charge in [-0.05, 0) is 35.4 Å². The zero-order chi connectivity index (χ0) is 13.1. The molecule has 0 bridgehead atoms. The van der Waals surface area contributed by atoms with Crippen LogP contribution in [0.3, 0.4) is 0 Å². The molecule has 2 aromatic carbocycles. The largest absolute Gasteiger partial charge is 0.493 e. The van der Waals surface area contributed by atoms with Gasteiger partial charge in [0.05, 0.1) is 13.2 Å². The number of hydrogen-bond acceptors (Lipinski definition) is 2. The van der Waals surface area contributed by atoms with Crippen LogP contribution in [-0.4, -0.2) is 13.2 Å². The Kier molecular flexibility index (Phi) is 3.74. The Morgan fingerprint density at radius 3 is 3.00 bits per heavy atom. The maximum atomic E-state index is 5.75. The first-order chi connectivity index (χ1) is 9.31. The summed E-state index contributed by atoms with van der Waals surface area (Å²) in [6.45, 7) is 1.50. The molecule has 0 spiro atoms. The highest BCUT2D eigenvalue weighted by Crippen LogP contribution is 2.26. The second-order valence-corrected chi connectivity index (χ2v) is 5.51. The van der Waals surface area contributed by atoms with E-state index in [2.05, 4.69) is 34.1 Å². The Hall–Kier alpha value is -1.48. The minimum Gasteiger partial charge on any atom is -0.493 e. The molecule has 3 rings (SSSR count). The molecule has 1 aliphatic heterocycles. The Bertz CT molecular complexity index is 581. The molecule has 0 N–H and O–H groups in total. The molecule has 0 saturated heterocycles. The van der Waals surface area contributed by atoms with Crippen LogP contribution in [0.25, 0.3) is 0 Å². The van der Waals surface area contributed by atoms with Gasteiger partial charge < -0.3 is 9.47 Å². The molecule has 0 unspecified atom stereocenters. The van der Waals surface area contributed by atoms with Gasteiger partial charge in [-0.2, -0.15) is 0 Å². The highest BCUT2D eigenvalue weighted by atomic mass is 79.9. The average molecular weight is 319 g/mol. The lowest BCUT2D eigenvalue weighted by atomic mass is 10.1. The average Bonchev–Trinajstić information content (AvgIpc) is 2.86. The fourth-order valence-corrected chi connectivity index (χ4v) is 2.62. The van der Waals surface area contributed by atoms with Crippen LogP contribution in [0.2, 0.25) is 0 Å². The van der Waals surface area contributed by atoms with Gasteiger partial charge in [0.25, 0.3) is 0 Å². The quantitative estimate of drug-likeness (QED) is 0.848. The summed E-state index contributed by atoms with van der Waals surface area (Å²) in [5.41, 5.74) is 2.62. The Morgan fingerprint density at radius 2 is 2.11 bits per heavy atom. The molecule has 0 saturated carbocycles. The van der Waals surface area contributed by atoms with Crippen molar-refractivity contribution in [2.75, 3.05) is 13.2 Å². The van der Waals surface area contributed by atoms with Gasteiger partial charge in [0, 0.05) is 17.3 Å². The summed E-state index contributed by atoms with van der Waals surface area (Å²) in [7, 11) is 0. The number of rotatable bonds is 4. The zero-order valence-corrected chi connectivity index (χ0v) is 12.2. The SMILES string of the molecule is Brc1cccc(OCCc2ccc3c(c2)CCO3)c1. The van der Waals surface area contributed by atoms with E-state index in [1.807, 2.05) is 24.3 Å². The van der Waals surface area contributed by atoms with E-state index in [9.17, 15) is 0 Å². The normalized spacial score (nSPS) is 12.9. The molecule has 19 heavy (non-hydrogen) atoms. The van der Waals surface area contributed by atoms with Gasteiger partial charge in [0.1, 0.15) is 11.5 Å². The predicted molar refractivity (Wildman–Crippen MR) is 79.0 cm³/mol. The lowest BCUT2D eigenvalue weighted by Gasteiger charge is -2.07. The molecule has 3 heteroatoms. The molecule has 2 nitrogen and oxygen atoms in total. The standard InChI is InChI=1S/C16H15BrO2/c17-14-2-1-3-15(11-14)18-8-6-12-4-5-16-13(10-12)7-9-19-16/h1-5,10-11H,6-9H2. The molecular formula is C16H15BrO2. The smallest absolute Gasteiger partial charge is 0.122 e. The van der Waals surface area contributed by atoms with Gasteiger partial charge in [0.2, 0.25) is 0 Å². The monoisotopic (exact) mass is 318 g/mol. The van der Waals surface area contributed by atoms with Crippen LogP contribution in [0.4, 0.5) is 0 Å². The van der Waals surface area contributed by atoms with E-state index >= 15 is 0 Å². The van der Waals surface area contributed by atoms with Gasteiger partial charge >= 0.3 is 0 Å². The summed E-state index contributed by atoms with van der Waals surface area (Å²) < 4.78 is 12.3. The molecule has 0 aliphatic carbocycles. The van der Waals surface area contributed by atoms with E-state index in [1.54, 1.807) is 0 Å². The highest BCUT2D eigenvalue weighted by molar-refractivity contribution is 9.10. The van der Waals surface area contributed by atoms with E-state index in [1.165, 1.54) is 11.1 Å². The van der Waals surface area contributed by atoms with Gasteiger partial charge in [-0.1, -0.05) is 34.1 Å². The third-order valence-electron chi connectivity index (χ3n) is 3.21. The molecule has 0 fully saturated rings. The minimum absolute atomic E-state index is 0.691. The number of ether oxygens (including phenoxy) is 2. The third-order valence-corrected chi connectivity index (χ3v) is 3.70. The Labute approximate surface area is 121 Å². The molecular weight excluding hydrogens is 304 g/mol. The lowest BCUT2D eigenvalue weighted by Crippen LogP contribution is -2.01. The molecule has 0 aromatic heterocycles. The molecule has 2 aromatic rings. The summed E-state index contributed by atoms with van der Waals surface area (Å²) >= 11 is 3.44. The summed E-state index contributed by atoms with van der Waals surface area (Å²) in [5, 5.41) is 0. The van der Waals surface area contributed by atoms with Gasteiger partial charge in [-0.3, -0.25) is 0 Å². The topological polar surface area (TPSA) is 18.5 Å². The number of hydrogen-bond donors (Lipinski definition) is 0. The Morgan fingerprint density at radius 1 is 1.16 bits per heavy atom. The number of halogens is 1. The molecule has 98 valence electrons. The zero-order valence-electron chi connectivity index (χ0n) is 10.6.